The van der Waals surface area contributed by atoms with Crippen LogP contribution in [0, 0.1) is 11.6 Å². The normalized spacial score (nSPS) is 10.9. The maximum absolute atomic E-state index is 13.1. The van der Waals surface area contributed by atoms with Gasteiger partial charge in [0.15, 0.2) is 11.6 Å². The van der Waals surface area contributed by atoms with Crippen LogP contribution in [0.1, 0.15) is 0 Å². The van der Waals surface area contributed by atoms with Crippen molar-refractivity contribution in [2.24, 2.45) is 0 Å². The summed E-state index contributed by atoms with van der Waals surface area (Å²) in [6, 6.07) is 2.43. The van der Waals surface area contributed by atoms with E-state index >= 15 is 0 Å². The maximum Gasteiger partial charge on any atom is 0.200 e. The maximum atomic E-state index is 13.1. The molecule has 0 atom stereocenters. The fourth-order valence-electron chi connectivity index (χ4n) is 0.918. The second-order valence-electron chi connectivity index (χ2n) is 2.66. The zero-order chi connectivity index (χ0) is 11.3. The lowest BCUT2D eigenvalue weighted by molar-refractivity contribution is 0.332. The summed E-state index contributed by atoms with van der Waals surface area (Å²) >= 11 is 7.00. The zero-order valence-electron chi connectivity index (χ0n) is 7.71. The van der Waals surface area contributed by atoms with Crippen LogP contribution in [0.2, 0.25) is 0 Å². The first-order valence-corrected chi connectivity index (χ1v) is 5.61. The van der Waals surface area contributed by atoms with Gasteiger partial charge < -0.3 is 4.74 Å². The van der Waals surface area contributed by atoms with E-state index in [-0.39, 0.29) is 12.4 Å². The predicted octanol–water partition coefficient (Wildman–Crippen LogP) is 3.59. The molecule has 15 heavy (non-hydrogen) atoms. The van der Waals surface area contributed by atoms with Crippen LogP contribution in [0.5, 0.6) is 5.75 Å². The molecule has 0 bridgehead atoms. The third kappa shape index (κ3) is 3.83. The van der Waals surface area contributed by atoms with Crippen LogP contribution in [0.25, 0.3) is 0 Å². The molecule has 1 aromatic carbocycles. The zero-order valence-corrected chi connectivity index (χ0v) is 10.2. The summed E-state index contributed by atoms with van der Waals surface area (Å²) in [5.74, 6) is -1.43. The highest BCUT2D eigenvalue weighted by Gasteiger charge is 2.10. The van der Waals surface area contributed by atoms with Crippen LogP contribution in [0.3, 0.4) is 0 Å². The molecule has 0 saturated heterocycles. The Kier molecular flexibility index (Phi) is 5.11. The van der Waals surface area contributed by atoms with Gasteiger partial charge in [-0.1, -0.05) is 28.1 Å². The van der Waals surface area contributed by atoms with Crippen LogP contribution in [-0.4, -0.2) is 12.4 Å². The van der Waals surface area contributed by atoms with Crippen molar-refractivity contribution in [2.45, 2.75) is 0 Å². The minimum absolute atomic E-state index is 0.106. The van der Waals surface area contributed by atoms with Gasteiger partial charge in [-0.05, 0) is 12.1 Å². The van der Waals surface area contributed by atoms with Gasteiger partial charge in [-0.2, -0.15) is 17.0 Å². The van der Waals surface area contributed by atoms with Crippen molar-refractivity contribution in [3.05, 3.63) is 40.4 Å². The Morgan fingerprint density at radius 3 is 2.73 bits per heavy atom. The lowest BCUT2D eigenvalue weighted by atomic mass is 10.3. The van der Waals surface area contributed by atoms with Crippen molar-refractivity contribution < 1.29 is 13.5 Å². The number of benzene rings is 1. The van der Waals surface area contributed by atoms with Crippen LogP contribution in [0.4, 0.5) is 8.78 Å². The Morgan fingerprint density at radius 2 is 2.07 bits per heavy atom. The van der Waals surface area contributed by atoms with Gasteiger partial charge in [-0.3, -0.25) is 0 Å². The van der Waals surface area contributed by atoms with E-state index < -0.39 is 11.6 Å². The Morgan fingerprint density at radius 1 is 1.33 bits per heavy atom. The molecule has 0 heterocycles. The average Bonchev–Trinajstić information content (AvgIpc) is 2.19. The molecule has 0 aromatic heterocycles. The van der Waals surface area contributed by atoms with Gasteiger partial charge in [0.2, 0.25) is 5.82 Å². The van der Waals surface area contributed by atoms with E-state index in [2.05, 4.69) is 28.6 Å². The Bertz CT molecular complexity index is 369. The summed E-state index contributed by atoms with van der Waals surface area (Å²) < 4.78 is 31.5. The summed E-state index contributed by atoms with van der Waals surface area (Å²) in [5.41, 5.74) is 0. The molecule has 0 aliphatic carbocycles. The third-order valence-electron chi connectivity index (χ3n) is 1.57. The van der Waals surface area contributed by atoms with Crippen molar-refractivity contribution >= 4 is 28.6 Å². The van der Waals surface area contributed by atoms with Crippen molar-refractivity contribution in [2.75, 3.05) is 12.4 Å². The smallest absolute Gasteiger partial charge is 0.200 e. The molecule has 0 spiro atoms. The van der Waals surface area contributed by atoms with Crippen molar-refractivity contribution in [3.8, 4) is 5.75 Å². The molecule has 0 saturated carbocycles. The molecule has 82 valence electrons. The number of hydrogen-bond acceptors (Lipinski definition) is 2. The van der Waals surface area contributed by atoms with Gasteiger partial charge in [0.05, 0.1) is 0 Å². The van der Waals surface area contributed by atoms with E-state index in [1.54, 1.807) is 12.2 Å². The molecule has 0 amide bonds. The lowest BCUT2D eigenvalue weighted by Crippen LogP contribution is -1.98. The van der Waals surface area contributed by atoms with Crippen LogP contribution in [-0.2, 0) is 0 Å². The molecule has 0 fully saturated rings. The number of thiol groups is 1. The Labute approximate surface area is 101 Å². The Hall–Kier alpha value is -0.550. The highest BCUT2D eigenvalue weighted by atomic mass is 79.9. The fraction of sp³-hybridized carbons (Fsp3) is 0.200. The van der Waals surface area contributed by atoms with E-state index in [0.29, 0.717) is 10.2 Å². The summed E-state index contributed by atoms with van der Waals surface area (Å²) in [5, 5.41) is 0. The number of halogens is 3. The highest BCUT2D eigenvalue weighted by molar-refractivity contribution is 9.10. The molecule has 1 rings (SSSR count). The van der Waals surface area contributed by atoms with E-state index in [9.17, 15) is 8.78 Å². The lowest BCUT2D eigenvalue weighted by Gasteiger charge is -2.05. The molecular weight excluding hydrogens is 286 g/mol. The number of hydrogen-bond donors (Lipinski definition) is 1. The summed E-state index contributed by atoms with van der Waals surface area (Å²) in [6.45, 7) is 0.188. The molecule has 1 aromatic rings. The first-order chi connectivity index (χ1) is 7.15. The molecule has 0 N–H and O–H groups in total. The highest BCUT2D eigenvalue weighted by Crippen LogP contribution is 2.25. The molecular formula is C10H9BrF2OS. The first kappa shape index (κ1) is 12.5. The van der Waals surface area contributed by atoms with E-state index in [4.69, 9.17) is 4.74 Å². The standard InChI is InChI=1S/C10H9BrF2OS/c11-7-5-8(12)10(13)9(6-7)14-3-1-2-4-15/h1-2,5-6,15H,3-4H2/b2-1+. The van der Waals surface area contributed by atoms with Crippen molar-refractivity contribution in [1.82, 2.24) is 0 Å². The molecule has 0 unspecified atom stereocenters. The quantitative estimate of drug-likeness (QED) is 0.507. The summed E-state index contributed by atoms with van der Waals surface area (Å²) in [4.78, 5) is 0. The van der Waals surface area contributed by atoms with Gasteiger partial charge in [-0.15, -0.1) is 0 Å². The van der Waals surface area contributed by atoms with Gasteiger partial charge >= 0.3 is 0 Å². The summed E-state index contributed by atoms with van der Waals surface area (Å²) in [6.07, 6.45) is 3.45. The van der Waals surface area contributed by atoms with Crippen LogP contribution < -0.4 is 4.74 Å². The minimum atomic E-state index is -0.975. The van der Waals surface area contributed by atoms with Gasteiger partial charge in [-0.25, -0.2) is 4.39 Å². The third-order valence-corrected chi connectivity index (χ3v) is 2.24. The van der Waals surface area contributed by atoms with Crippen molar-refractivity contribution in [1.29, 1.82) is 0 Å². The van der Waals surface area contributed by atoms with Crippen LogP contribution in [0.15, 0.2) is 28.8 Å². The SMILES string of the molecule is Fc1cc(Br)cc(OC/C=C/CS)c1F. The van der Waals surface area contributed by atoms with Gasteiger partial charge in [0.1, 0.15) is 6.61 Å². The first-order valence-electron chi connectivity index (χ1n) is 4.18. The van der Waals surface area contributed by atoms with E-state index in [0.717, 1.165) is 6.07 Å². The monoisotopic (exact) mass is 294 g/mol. The predicted molar refractivity (Wildman–Crippen MR) is 62.5 cm³/mol. The fourth-order valence-corrected chi connectivity index (χ4v) is 1.48. The second-order valence-corrected chi connectivity index (χ2v) is 3.95. The average molecular weight is 295 g/mol. The largest absolute Gasteiger partial charge is 0.486 e. The molecule has 1 nitrogen and oxygen atoms in total. The molecule has 0 aliphatic heterocycles. The topological polar surface area (TPSA) is 9.23 Å². The molecule has 0 aliphatic rings. The number of rotatable bonds is 4. The number of ether oxygens (including phenoxy) is 1. The van der Waals surface area contributed by atoms with Gasteiger partial charge in [0.25, 0.3) is 0 Å². The van der Waals surface area contributed by atoms with Gasteiger partial charge in [0, 0.05) is 10.2 Å². The molecule has 5 heteroatoms. The Balaban J connectivity index is 2.72. The van der Waals surface area contributed by atoms with Crippen molar-refractivity contribution in [3.63, 3.8) is 0 Å². The van der Waals surface area contributed by atoms with E-state index in [1.165, 1.54) is 6.07 Å². The second kappa shape index (κ2) is 6.12. The minimum Gasteiger partial charge on any atom is -0.486 e. The van der Waals surface area contributed by atoms with Crippen LogP contribution >= 0.6 is 28.6 Å². The summed E-state index contributed by atoms with van der Waals surface area (Å²) in [7, 11) is 0. The molecule has 0 radical (unpaired) electrons. The van der Waals surface area contributed by atoms with E-state index in [1.807, 2.05) is 0 Å².